The minimum Gasteiger partial charge on any atom is -0.369 e. The second-order valence-corrected chi connectivity index (χ2v) is 7.51. The maximum Gasteiger partial charge on any atom is 0.198 e. The molecule has 0 N–H and O–H groups in total. The van der Waals surface area contributed by atoms with Crippen LogP contribution in [0.25, 0.3) is 0 Å². The van der Waals surface area contributed by atoms with Gasteiger partial charge in [-0.1, -0.05) is 30.3 Å². The van der Waals surface area contributed by atoms with Crippen LogP contribution < -0.4 is 4.90 Å². The summed E-state index contributed by atoms with van der Waals surface area (Å²) in [4.78, 5) is 4.64. The van der Waals surface area contributed by atoms with E-state index >= 15 is 0 Å². The maximum absolute atomic E-state index is 13.1. The van der Waals surface area contributed by atoms with Gasteiger partial charge in [0.25, 0.3) is 0 Å². The van der Waals surface area contributed by atoms with Crippen LogP contribution >= 0.6 is 12.2 Å². The van der Waals surface area contributed by atoms with Crippen LogP contribution in [0.5, 0.6) is 0 Å². The van der Waals surface area contributed by atoms with Crippen molar-refractivity contribution in [3.05, 3.63) is 76.6 Å². The van der Waals surface area contributed by atoms with Crippen LogP contribution in [0.2, 0.25) is 0 Å². The highest BCUT2D eigenvalue weighted by atomic mass is 32.1. The topological polar surface area (TPSA) is 29.2 Å². The third-order valence-electron chi connectivity index (χ3n) is 5.23. The summed E-state index contributed by atoms with van der Waals surface area (Å²) >= 11 is 5.60. The third kappa shape index (κ3) is 4.15. The highest BCUT2D eigenvalue weighted by Crippen LogP contribution is 2.17. The van der Waals surface area contributed by atoms with Crippen LogP contribution in [0, 0.1) is 10.6 Å². The molecular formula is C21H24FN5S. The van der Waals surface area contributed by atoms with Crippen LogP contribution in [0.4, 0.5) is 10.1 Å². The molecule has 0 spiro atoms. The van der Waals surface area contributed by atoms with E-state index < -0.39 is 0 Å². The average molecular weight is 398 g/mol. The monoisotopic (exact) mass is 397 g/mol. The molecule has 4 rings (SSSR count). The molecule has 146 valence electrons. The van der Waals surface area contributed by atoms with E-state index in [1.54, 1.807) is 0 Å². The molecule has 5 nitrogen and oxygen atoms in total. The molecule has 28 heavy (non-hydrogen) atoms. The fourth-order valence-corrected chi connectivity index (χ4v) is 3.75. The molecule has 1 aliphatic rings. The fourth-order valence-electron chi connectivity index (χ4n) is 3.55. The molecule has 0 atom stereocenters. The predicted octanol–water partition coefficient (Wildman–Crippen LogP) is 3.46. The standard InChI is InChI=1S/C21H24FN5S/c1-24-20(15-17-5-3-2-4-6-17)23-27(21(24)28)16-25-11-13-26(14-12-25)19-9-7-18(22)8-10-19/h2-10H,11-16H2,1H3. The first-order chi connectivity index (χ1) is 13.6. The fraction of sp³-hybridized carbons (Fsp3) is 0.333. The summed E-state index contributed by atoms with van der Waals surface area (Å²) in [7, 11) is 1.98. The number of halogens is 1. The number of piperazine rings is 1. The Morgan fingerprint density at radius 1 is 0.964 bits per heavy atom. The number of rotatable bonds is 5. The second kappa shape index (κ2) is 8.24. The molecule has 1 fully saturated rings. The molecule has 0 saturated carbocycles. The van der Waals surface area contributed by atoms with Crippen molar-refractivity contribution in [1.29, 1.82) is 0 Å². The summed E-state index contributed by atoms with van der Waals surface area (Å²) < 4.78 is 17.8. The van der Waals surface area contributed by atoms with Gasteiger partial charge in [-0.3, -0.25) is 4.90 Å². The Labute approximate surface area is 169 Å². The molecule has 0 bridgehead atoms. The van der Waals surface area contributed by atoms with E-state index in [0.29, 0.717) is 6.67 Å². The molecular weight excluding hydrogens is 373 g/mol. The molecule has 1 aromatic heterocycles. The predicted molar refractivity (Wildman–Crippen MR) is 111 cm³/mol. The lowest BCUT2D eigenvalue weighted by atomic mass is 10.1. The van der Waals surface area contributed by atoms with Crippen molar-refractivity contribution in [2.45, 2.75) is 13.1 Å². The first-order valence-electron chi connectivity index (χ1n) is 9.49. The smallest absolute Gasteiger partial charge is 0.198 e. The summed E-state index contributed by atoms with van der Waals surface area (Å²) in [5.74, 6) is 0.777. The van der Waals surface area contributed by atoms with Crippen LogP contribution in [-0.2, 0) is 20.1 Å². The lowest BCUT2D eigenvalue weighted by molar-refractivity contribution is 0.194. The Bertz CT molecular complexity index is 972. The Hall–Kier alpha value is -2.51. The van der Waals surface area contributed by atoms with Gasteiger partial charge in [0.15, 0.2) is 4.77 Å². The quantitative estimate of drug-likeness (QED) is 0.617. The van der Waals surface area contributed by atoms with E-state index in [1.807, 2.05) is 46.6 Å². The molecule has 1 aliphatic heterocycles. The summed E-state index contributed by atoms with van der Waals surface area (Å²) in [6.07, 6.45) is 0.770. The van der Waals surface area contributed by atoms with Gasteiger partial charge in [0.1, 0.15) is 11.6 Å². The zero-order valence-corrected chi connectivity index (χ0v) is 16.8. The van der Waals surface area contributed by atoms with Gasteiger partial charge in [0, 0.05) is 45.3 Å². The summed E-state index contributed by atoms with van der Waals surface area (Å²) in [6.45, 7) is 4.34. The highest BCUT2D eigenvalue weighted by molar-refractivity contribution is 7.71. The number of aromatic nitrogens is 3. The van der Waals surface area contributed by atoms with Crippen LogP contribution in [0.15, 0.2) is 54.6 Å². The Morgan fingerprint density at radius 3 is 2.32 bits per heavy atom. The van der Waals surface area contributed by atoms with Gasteiger partial charge >= 0.3 is 0 Å². The summed E-state index contributed by atoms with van der Waals surface area (Å²) in [5.41, 5.74) is 2.30. The number of nitrogens with zero attached hydrogens (tertiary/aromatic N) is 5. The van der Waals surface area contributed by atoms with Crippen molar-refractivity contribution >= 4 is 17.9 Å². The van der Waals surface area contributed by atoms with Gasteiger partial charge in [-0.15, -0.1) is 0 Å². The van der Waals surface area contributed by atoms with E-state index in [-0.39, 0.29) is 5.82 Å². The van der Waals surface area contributed by atoms with Gasteiger partial charge in [-0.2, -0.15) is 5.10 Å². The average Bonchev–Trinajstić information content (AvgIpc) is 2.98. The zero-order chi connectivity index (χ0) is 19.5. The molecule has 7 heteroatoms. The van der Waals surface area contributed by atoms with Crippen molar-refractivity contribution in [2.24, 2.45) is 7.05 Å². The molecule has 0 amide bonds. The largest absolute Gasteiger partial charge is 0.369 e. The summed E-state index contributed by atoms with van der Waals surface area (Å²) in [6, 6.07) is 17.0. The zero-order valence-electron chi connectivity index (χ0n) is 16.0. The lowest BCUT2D eigenvalue weighted by Gasteiger charge is -2.35. The maximum atomic E-state index is 13.1. The van der Waals surface area contributed by atoms with E-state index in [4.69, 9.17) is 17.3 Å². The highest BCUT2D eigenvalue weighted by Gasteiger charge is 2.19. The number of anilines is 1. The van der Waals surface area contributed by atoms with Gasteiger partial charge < -0.3 is 9.47 Å². The van der Waals surface area contributed by atoms with Gasteiger partial charge in [0.05, 0.1) is 6.67 Å². The van der Waals surface area contributed by atoms with E-state index in [9.17, 15) is 4.39 Å². The summed E-state index contributed by atoms with van der Waals surface area (Å²) in [5, 5.41) is 4.76. The number of benzene rings is 2. The van der Waals surface area contributed by atoms with Gasteiger partial charge in [-0.25, -0.2) is 9.07 Å². The van der Waals surface area contributed by atoms with Crippen LogP contribution in [0.3, 0.4) is 0 Å². The van der Waals surface area contributed by atoms with E-state index in [1.165, 1.54) is 17.7 Å². The normalized spacial score (nSPS) is 15.1. The Kier molecular flexibility index (Phi) is 5.54. The van der Waals surface area contributed by atoms with Crippen LogP contribution in [0.1, 0.15) is 11.4 Å². The lowest BCUT2D eigenvalue weighted by Crippen LogP contribution is -2.47. The van der Waals surface area contributed by atoms with Crippen molar-refractivity contribution in [1.82, 2.24) is 19.2 Å². The Balaban J connectivity index is 1.39. The minimum atomic E-state index is -0.196. The SMILES string of the molecule is Cn1c(Cc2ccccc2)nn(CN2CCN(c3ccc(F)cc3)CC2)c1=S. The number of hydrogen-bond donors (Lipinski definition) is 0. The van der Waals surface area contributed by atoms with Gasteiger partial charge in [0.2, 0.25) is 0 Å². The first-order valence-corrected chi connectivity index (χ1v) is 9.90. The van der Waals surface area contributed by atoms with Gasteiger partial charge in [-0.05, 0) is 42.0 Å². The number of hydrogen-bond acceptors (Lipinski definition) is 4. The molecule has 0 unspecified atom stereocenters. The Morgan fingerprint density at radius 2 is 1.64 bits per heavy atom. The molecule has 2 aromatic carbocycles. The second-order valence-electron chi connectivity index (χ2n) is 7.14. The van der Waals surface area contributed by atoms with E-state index in [2.05, 4.69) is 21.9 Å². The van der Waals surface area contributed by atoms with Crippen molar-refractivity contribution in [2.75, 3.05) is 31.1 Å². The van der Waals surface area contributed by atoms with E-state index in [0.717, 1.165) is 48.9 Å². The molecule has 0 aliphatic carbocycles. The molecule has 0 radical (unpaired) electrons. The first kappa shape index (κ1) is 18.8. The third-order valence-corrected chi connectivity index (χ3v) is 5.72. The molecule has 2 heterocycles. The van der Waals surface area contributed by atoms with Crippen molar-refractivity contribution in [3.8, 4) is 0 Å². The van der Waals surface area contributed by atoms with Crippen LogP contribution in [-0.4, -0.2) is 45.4 Å². The van der Waals surface area contributed by atoms with Crippen molar-refractivity contribution < 1.29 is 4.39 Å². The molecule has 3 aromatic rings. The molecule has 1 saturated heterocycles. The minimum absolute atomic E-state index is 0.196. The van der Waals surface area contributed by atoms with Crippen molar-refractivity contribution in [3.63, 3.8) is 0 Å².